The van der Waals surface area contributed by atoms with Crippen molar-refractivity contribution in [2.75, 3.05) is 25.1 Å². The number of aryl methyl sites for hydroxylation is 2. The van der Waals surface area contributed by atoms with E-state index in [1.54, 1.807) is 30.4 Å². The van der Waals surface area contributed by atoms with Crippen molar-refractivity contribution in [1.82, 2.24) is 14.1 Å². The van der Waals surface area contributed by atoms with Crippen LogP contribution in [0.3, 0.4) is 0 Å². The summed E-state index contributed by atoms with van der Waals surface area (Å²) in [5, 5.41) is 4.37. The quantitative estimate of drug-likeness (QED) is 0.840. The fourth-order valence-electron chi connectivity index (χ4n) is 2.66. The summed E-state index contributed by atoms with van der Waals surface area (Å²) in [4.78, 5) is 0.360. The van der Waals surface area contributed by atoms with Gasteiger partial charge in [-0.1, -0.05) is 0 Å². The van der Waals surface area contributed by atoms with Gasteiger partial charge in [-0.3, -0.25) is 4.68 Å². The maximum atomic E-state index is 12.9. The smallest absolute Gasteiger partial charge is 0.246 e. The molecule has 8 heteroatoms. The van der Waals surface area contributed by atoms with Crippen LogP contribution in [0.15, 0.2) is 4.90 Å². The van der Waals surface area contributed by atoms with Crippen molar-refractivity contribution in [2.24, 2.45) is 5.73 Å². The van der Waals surface area contributed by atoms with Gasteiger partial charge in [-0.25, -0.2) is 8.42 Å². The molecule has 0 spiro atoms. The van der Waals surface area contributed by atoms with Crippen molar-refractivity contribution in [3.63, 3.8) is 0 Å². The predicted molar refractivity (Wildman–Crippen MR) is 86.1 cm³/mol. The summed E-state index contributed by atoms with van der Waals surface area (Å²) in [6.07, 6.45) is 1.70. The van der Waals surface area contributed by atoms with Gasteiger partial charge in [-0.2, -0.15) is 21.2 Å². The van der Waals surface area contributed by atoms with E-state index < -0.39 is 10.0 Å². The van der Waals surface area contributed by atoms with E-state index >= 15 is 0 Å². The first-order chi connectivity index (χ1) is 9.89. The van der Waals surface area contributed by atoms with E-state index in [0.717, 1.165) is 24.3 Å². The monoisotopic (exact) mass is 332 g/mol. The highest BCUT2D eigenvalue weighted by Crippen LogP contribution is 2.29. The van der Waals surface area contributed by atoms with Crippen LogP contribution >= 0.6 is 11.8 Å². The summed E-state index contributed by atoms with van der Waals surface area (Å²) in [6, 6.07) is 0.0891. The molecule has 1 fully saturated rings. The molecule has 1 aromatic rings. The van der Waals surface area contributed by atoms with Crippen LogP contribution in [0.25, 0.3) is 0 Å². The van der Waals surface area contributed by atoms with Gasteiger partial charge in [0, 0.05) is 25.4 Å². The zero-order chi connectivity index (χ0) is 15.6. The molecule has 2 N–H and O–H groups in total. The maximum Gasteiger partial charge on any atom is 0.246 e. The Morgan fingerprint density at radius 3 is 2.76 bits per heavy atom. The van der Waals surface area contributed by atoms with Crippen molar-refractivity contribution < 1.29 is 8.42 Å². The fraction of sp³-hybridized carbons (Fsp3) is 0.769. The number of thioether (sulfide) groups is 1. The minimum Gasteiger partial charge on any atom is -0.330 e. The standard InChI is InChI=1S/C13H24N4O2S2/c1-10-13(11(2)17(15-10)7-4-6-14)21(18,19)16(3)12-5-8-20-9-12/h12H,4-9,14H2,1-3H3. The molecule has 0 bridgehead atoms. The number of hydrogen-bond acceptors (Lipinski definition) is 5. The van der Waals surface area contributed by atoms with E-state index in [1.807, 2.05) is 6.92 Å². The number of aromatic nitrogens is 2. The summed E-state index contributed by atoms with van der Waals surface area (Å²) in [7, 11) is -1.80. The molecule has 1 aliphatic rings. The molecule has 1 aromatic heterocycles. The highest BCUT2D eigenvalue weighted by atomic mass is 32.2. The maximum absolute atomic E-state index is 12.9. The lowest BCUT2D eigenvalue weighted by atomic mass is 10.3. The van der Waals surface area contributed by atoms with Gasteiger partial charge < -0.3 is 5.73 Å². The number of nitrogens with zero attached hydrogens (tertiary/aromatic N) is 3. The number of rotatable bonds is 6. The second kappa shape index (κ2) is 6.68. The SMILES string of the molecule is Cc1nn(CCCN)c(C)c1S(=O)(=O)N(C)C1CCSC1. The third-order valence-corrected chi connectivity index (χ3v) is 7.25. The molecule has 1 aliphatic heterocycles. The second-order valence-corrected chi connectivity index (χ2v) is 8.49. The normalized spacial score (nSPS) is 19.6. The van der Waals surface area contributed by atoms with E-state index in [2.05, 4.69) is 5.10 Å². The zero-order valence-corrected chi connectivity index (χ0v) is 14.5. The average Bonchev–Trinajstić information content (AvgIpc) is 3.04. The lowest BCUT2D eigenvalue weighted by molar-refractivity contribution is 0.394. The first kappa shape index (κ1) is 16.8. The van der Waals surface area contributed by atoms with Crippen LogP contribution in [0.5, 0.6) is 0 Å². The Kier molecular flexibility index (Phi) is 5.34. The lowest BCUT2D eigenvalue weighted by Gasteiger charge is -2.23. The number of sulfonamides is 1. The first-order valence-corrected chi connectivity index (χ1v) is 9.79. The summed E-state index contributed by atoms with van der Waals surface area (Å²) in [5.74, 6) is 1.90. The van der Waals surface area contributed by atoms with Crippen LogP contribution in [0.4, 0.5) is 0 Å². The Balaban J connectivity index is 2.33. The third-order valence-electron chi connectivity index (χ3n) is 3.95. The fourth-order valence-corrected chi connectivity index (χ4v) is 5.78. The number of hydrogen-bond donors (Lipinski definition) is 1. The second-order valence-electron chi connectivity index (χ2n) is 5.40. The zero-order valence-electron chi connectivity index (χ0n) is 12.9. The van der Waals surface area contributed by atoms with E-state index in [-0.39, 0.29) is 6.04 Å². The van der Waals surface area contributed by atoms with Gasteiger partial charge in [0.25, 0.3) is 0 Å². The van der Waals surface area contributed by atoms with Crippen LogP contribution in [-0.2, 0) is 16.6 Å². The van der Waals surface area contributed by atoms with Crippen molar-refractivity contribution >= 4 is 21.8 Å². The van der Waals surface area contributed by atoms with Crippen LogP contribution in [0.2, 0.25) is 0 Å². The van der Waals surface area contributed by atoms with Crippen LogP contribution in [-0.4, -0.2) is 53.6 Å². The topological polar surface area (TPSA) is 81.2 Å². The molecule has 0 aromatic carbocycles. The molecule has 120 valence electrons. The van der Waals surface area contributed by atoms with Crippen LogP contribution in [0, 0.1) is 13.8 Å². The molecular weight excluding hydrogens is 308 g/mol. The summed E-state index contributed by atoms with van der Waals surface area (Å²) in [6.45, 7) is 4.80. The molecule has 1 atom stereocenters. The van der Waals surface area contributed by atoms with E-state index in [4.69, 9.17) is 5.73 Å². The minimum absolute atomic E-state index is 0.0891. The van der Waals surface area contributed by atoms with E-state index in [1.165, 1.54) is 4.31 Å². The van der Waals surface area contributed by atoms with Crippen molar-refractivity contribution in [2.45, 2.75) is 44.2 Å². The van der Waals surface area contributed by atoms with Crippen LogP contribution in [0.1, 0.15) is 24.2 Å². The highest BCUT2D eigenvalue weighted by Gasteiger charge is 2.34. The summed E-state index contributed by atoms with van der Waals surface area (Å²) in [5.41, 5.74) is 6.80. The molecule has 1 saturated heterocycles. The number of nitrogens with two attached hydrogens (primary N) is 1. The Bertz CT molecular complexity index is 592. The summed E-state index contributed by atoms with van der Waals surface area (Å²) >= 11 is 1.81. The molecule has 2 heterocycles. The Hall–Kier alpha value is -0.570. The molecule has 0 radical (unpaired) electrons. The van der Waals surface area contributed by atoms with Gasteiger partial charge in [0.2, 0.25) is 10.0 Å². The van der Waals surface area contributed by atoms with Crippen molar-refractivity contribution in [3.05, 3.63) is 11.4 Å². The first-order valence-electron chi connectivity index (χ1n) is 7.19. The predicted octanol–water partition coefficient (Wildman–Crippen LogP) is 0.975. The highest BCUT2D eigenvalue weighted by molar-refractivity contribution is 7.99. The van der Waals surface area contributed by atoms with E-state index in [0.29, 0.717) is 29.4 Å². The average molecular weight is 332 g/mol. The molecule has 2 rings (SSSR count). The van der Waals surface area contributed by atoms with Crippen LogP contribution < -0.4 is 5.73 Å². The van der Waals surface area contributed by atoms with Gasteiger partial charge in [0.15, 0.2) is 0 Å². The van der Waals surface area contributed by atoms with E-state index in [9.17, 15) is 8.42 Å². The lowest BCUT2D eigenvalue weighted by Crippen LogP contribution is -2.37. The minimum atomic E-state index is -3.48. The van der Waals surface area contributed by atoms with Gasteiger partial charge in [-0.05, 0) is 39.0 Å². The Morgan fingerprint density at radius 1 is 1.48 bits per heavy atom. The third kappa shape index (κ3) is 3.28. The molecule has 0 aliphatic carbocycles. The largest absolute Gasteiger partial charge is 0.330 e. The van der Waals surface area contributed by atoms with Gasteiger partial charge >= 0.3 is 0 Å². The van der Waals surface area contributed by atoms with Gasteiger partial charge in [-0.15, -0.1) is 0 Å². The van der Waals surface area contributed by atoms with Crippen molar-refractivity contribution in [3.8, 4) is 0 Å². The molecule has 21 heavy (non-hydrogen) atoms. The molecule has 0 saturated carbocycles. The van der Waals surface area contributed by atoms with Gasteiger partial charge in [0.1, 0.15) is 4.90 Å². The molecular formula is C13H24N4O2S2. The Morgan fingerprint density at radius 2 is 2.19 bits per heavy atom. The molecule has 0 amide bonds. The summed E-state index contributed by atoms with van der Waals surface area (Å²) < 4.78 is 29.1. The Labute approximate surface area is 131 Å². The van der Waals surface area contributed by atoms with Gasteiger partial charge in [0.05, 0.1) is 11.4 Å². The molecule has 6 nitrogen and oxygen atoms in total. The molecule has 1 unspecified atom stereocenters. The van der Waals surface area contributed by atoms with Crippen molar-refractivity contribution in [1.29, 1.82) is 0 Å².